The van der Waals surface area contributed by atoms with Crippen LogP contribution in [0.5, 0.6) is 0 Å². The minimum atomic E-state index is -0.500. The molecule has 0 aromatic carbocycles. The van der Waals surface area contributed by atoms with Crippen molar-refractivity contribution in [3.63, 3.8) is 0 Å². The molecule has 16 heavy (non-hydrogen) atoms. The van der Waals surface area contributed by atoms with Gasteiger partial charge in [0.1, 0.15) is 11.5 Å². The molecule has 0 unspecified atom stereocenters. The average molecular weight is 220 g/mol. The summed E-state index contributed by atoms with van der Waals surface area (Å²) in [6.45, 7) is 1.71. The van der Waals surface area contributed by atoms with Gasteiger partial charge in [-0.1, -0.05) is 6.07 Å². The fourth-order valence-electron chi connectivity index (χ4n) is 1.42. The number of rotatable bonds is 6. The highest BCUT2D eigenvalue weighted by atomic mass is 16.1. The summed E-state index contributed by atoms with van der Waals surface area (Å²) in [5.74, 6) is 0.189. The lowest BCUT2D eigenvalue weighted by Gasteiger charge is -2.06. The number of primary amides is 1. The van der Waals surface area contributed by atoms with Crippen LogP contribution in [0.1, 0.15) is 23.3 Å². The zero-order valence-electron chi connectivity index (χ0n) is 9.07. The van der Waals surface area contributed by atoms with E-state index in [4.69, 9.17) is 5.73 Å². The number of hydrogen-bond acceptors (Lipinski definition) is 4. The first-order valence-corrected chi connectivity index (χ1v) is 5.50. The maximum absolute atomic E-state index is 10.9. The predicted molar refractivity (Wildman–Crippen MR) is 62.3 cm³/mol. The predicted octanol–water partition coefficient (Wildman–Crippen LogP) is 0.344. The fraction of sp³-hybridized carbons (Fsp3) is 0.455. The Bertz CT molecular complexity index is 376. The van der Waals surface area contributed by atoms with E-state index >= 15 is 0 Å². The summed E-state index contributed by atoms with van der Waals surface area (Å²) in [6.07, 6.45) is 2.57. The Morgan fingerprint density at radius 2 is 2.25 bits per heavy atom. The van der Waals surface area contributed by atoms with Crippen molar-refractivity contribution < 1.29 is 4.79 Å². The summed E-state index contributed by atoms with van der Waals surface area (Å²) in [5.41, 5.74) is 5.44. The van der Waals surface area contributed by atoms with Crippen molar-refractivity contribution in [2.24, 2.45) is 5.73 Å². The molecule has 5 heteroatoms. The quantitative estimate of drug-likeness (QED) is 0.604. The van der Waals surface area contributed by atoms with Crippen molar-refractivity contribution >= 4 is 11.7 Å². The Morgan fingerprint density at radius 1 is 1.44 bits per heavy atom. The van der Waals surface area contributed by atoms with E-state index < -0.39 is 5.91 Å². The number of carbonyl (C=O) groups is 1. The summed E-state index contributed by atoms with van der Waals surface area (Å²) < 4.78 is 0. The van der Waals surface area contributed by atoms with Crippen molar-refractivity contribution in [1.29, 1.82) is 0 Å². The van der Waals surface area contributed by atoms with Crippen LogP contribution in [0.25, 0.3) is 0 Å². The van der Waals surface area contributed by atoms with Crippen LogP contribution in [0.2, 0.25) is 0 Å². The summed E-state index contributed by atoms with van der Waals surface area (Å²) in [4.78, 5) is 15.0. The number of aromatic nitrogens is 1. The van der Waals surface area contributed by atoms with E-state index in [1.165, 1.54) is 12.8 Å². The van der Waals surface area contributed by atoms with Gasteiger partial charge in [0.2, 0.25) is 0 Å². The van der Waals surface area contributed by atoms with Crippen LogP contribution in [0.3, 0.4) is 0 Å². The average Bonchev–Trinajstić information content (AvgIpc) is 3.09. The number of nitrogens with two attached hydrogens (primary N) is 1. The number of carbonyl (C=O) groups excluding carboxylic acids is 1. The first-order chi connectivity index (χ1) is 7.75. The molecule has 4 N–H and O–H groups in total. The van der Waals surface area contributed by atoms with Crippen LogP contribution in [0, 0.1) is 0 Å². The molecule has 1 aromatic rings. The number of anilines is 1. The SMILES string of the molecule is NC(=O)c1cccc(NCCNC2CC2)n1. The Hall–Kier alpha value is -1.62. The third-order valence-corrected chi connectivity index (χ3v) is 2.44. The zero-order chi connectivity index (χ0) is 11.4. The fourth-order valence-corrected chi connectivity index (χ4v) is 1.42. The van der Waals surface area contributed by atoms with Crippen LogP contribution in [0.15, 0.2) is 18.2 Å². The summed E-state index contributed by atoms with van der Waals surface area (Å²) in [6, 6.07) is 5.91. The summed E-state index contributed by atoms with van der Waals surface area (Å²) >= 11 is 0. The molecule has 0 radical (unpaired) electrons. The van der Waals surface area contributed by atoms with Gasteiger partial charge in [0.15, 0.2) is 0 Å². The van der Waals surface area contributed by atoms with Gasteiger partial charge in [-0.15, -0.1) is 0 Å². The van der Waals surface area contributed by atoms with Crippen LogP contribution >= 0.6 is 0 Å². The largest absolute Gasteiger partial charge is 0.369 e. The van der Waals surface area contributed by atoms with Gasteiger partial charge in [-0.3, -0.25) is 4.79 Å². The van der Waals surface area contributed by atoms with Gasteiger partial charge in [-0.25, -0.2) is 4.98 Å². The second kappa shape index (κ2) is 4.94. The first kappa shape index (κ1) is 10.9. The van der Waals surface area contributed by atoms with Gasteiger partial charge < -0.3 is 16.4 Å². The molecule has 0 aliphatic heterocycles. The van der Waals surface area contributed by atoms with E-state index in [0.717, 1.165) is 13.1 Å². The lowest BCUT2D eigenvalue weighted by Crippen LogP contribution is -2.24. The highest BCUT2D eigenvalue weighted by Crippen LogP contribution is 2.17. The second-order valence-electron chi connectivity index (χ2n) is 3.93. The van der Waals surface area contributed by atoms with Crippen LogP contribution < -0.4 is 16.4 Å². The van der Waals surface area contributed by atoms with Crippen molar-refractivity contribution in [3.8, 4) is 0 Å². The van der Waals surface area contributed by atoms with Gasteiger partial charge in [0.25, 0.3) is 5.91 Å². The third kappa shape index (κ3) is 3.20. The molecule has 86 valence electrons. The van der Waals surface area contributed by atoms with Gasteiger partial charge >= 0.3 is 0 Å². The van der Waals surface area contributed by atoms with E-state index in [0.29, 0.717) is 17.6 Å². The number of nitrogens with one attached hydrogen (secondary N) is 2. The summed E-state index contributed by atoms with van der Waals surface area (Å²) in [7, 11) is 0. The molecule has 1 amide bonds. The molecule has 0 spiro atoms. The smallest absolute Gasteiger partial charge is 0.267 e. The van der Waals surface area contributed by atoms with Crippen molar-refractivity contribution in [1.82, 2.24) is 10.3 Å². The van der Waals surface area contributed by atoms with E-state index in [1.54, 1.807) is 12.1 Å². The Kier molecular flexibility index (Phi) is 3.36. The highest BCUT2D eigenvalue weighted by Gasteiger charge is 2.19. The topological polar surface area (TPSA) is 80.0 Å². The molecule has 1 aliphatic rings. The molecule has 0 saturated heterocycles. The van der Waals surface area contributed by atoms with Crippen molar-refractivity contribution in [2.75, 3.05) is 18.4 Å². The Morgan fingerprint density at radius 3 is 2.94 bits per heavy atom. The monoisotopic (exact) mass is 220 g/mol. The molecule has 1 saturated carbocycles. The number of hydrogen-bond donors (Lipinski definition) is 3. The van der Waals surface area contributed by atoms with E-state index in [-0.39, 0.29) is 0 Å². The first-order valence-electron chi connectivity index (χ1n) is 5.50. The molecule has 1 heterocycles. The number of pyridine rings is 1. The summed E-state index contributed by atoms with van der Waals surface area (Å²) in [5, 5.41) is 6.52. The molecule has 1 aliphatic carbocycles. The van der Waals surface area contributed by atoms with E-state index in [1.807, 2.05) is 6.07 Å². The third-order valence-electron chi connectivity index (χ3n) is 2.44. The van der Waals surface area contributed by atoms with Crippen molar-refractivity contribution in [2.45, 2.75) is 18.9 Å². The molecule has 5 nitrogen and oxygen atoms in total. The van der Waals surface area contributed by atoms with Gasteiger partial charge in [-0.2, -0.15) is 0 Å². The van der Waals surface area contributed by atoms with Gasteiger partial charge in [0, 0.05) is 19.1 Å². The lowest BCUT2D eigenvalue weighted by molar-refractivity contribution is 0.0995. The maximum atomic E-state index is 10.9. The normalized spacial score (nSPS) is 14.8. The molecular formula is C11H16N4O. The zero-order valence-corrected chi connectivity index (χ0v) is 9.07. The Labute approximate surface area is 94.4 Å². The van der Waals surface area contributed by atoms with Gasteiger partial charge in [-0.05, 0) is 25.0 Å². The van der Waals surface area contributed by atoms with E-state index in [2.05, 4.69) is 15.6 Å². The molecular weight excluding hydrogens is 204 g/mol. The van der Waals surface area contributed by atoms with Crippen molar-refractivity contribution in [3.05, 3.63) is 23.9 Å². The molecule has 1 aromatic heterocycles. The molecule has 0 bridgehead atoms. The molecule has 2 rings (SSSR count). The minimum Gasteiger partial charge on any atom is -0.369 e. The van der Waals surface area contributed by atoms with E-state index in [9.17, 15) is 4.79 Å². The standard InChI is InChI=1S/C11H16N4O/c12-11(16)9-2-1-3-10(15-9)14-7-6-13-8-4-5-8/h1-3,8,13H,4-7H2,(H2,12,16)(H,14,15). The molecule has 0 atom stereocenters. The van der Waals surface area contributed by atoms with Crippen LogP contribution in [0.4, 0.5) is 5.82 Å². The second-order valence-corrected chi connectivity index (χ2v) is 3.93. The number of amides is 1. The Balaban J connectivity index is 1.78. The van der Waals surface area contributed by atoms with Crippen LogP contribution in [-0.4, -0.2) is 30.0 Å². The lowest BCUT2D eigenvalue weighted by atomic mass is 10.3. The highest BCUT2D eigenvalue weighted by molar-refractivity contribution is 5.91. The maximum Gasteiger partial charge on any atom is 0.267 e. The van der Waals surface area contributed by atoms with Gasteiger partial charge in [0.05, 0.1) is 0 Å². The minimum absolute atomic E-state index is 0.292. The number of nitrogens with zero attached hydrogens (tertiary/aromatic N) is 1. The molecule has 1 fully saturated rings. The van der Waals surface area contributed by atoms with Crippen LogP contribution in [-0.2, 0) is 0 Å².